The molecule has 2 heterocycles. The van der Waals surface area contributed by atoms with Gasteiger partial charge in [0.1, 0.15) is 0 Å². The van der Waals surface area contributed by atoms with Crippen LogP contribution in [0.2, 0.25) is 0 Å². The van der Waals surface area contributed by atoms with Crippen LogP contribution in [0.1, 0.15) is 19.0 Å². The summed E-state index contributed by atoms with van der Waals surface area (Å²) in [5.74, 6) is 0.851. The molecule has 1 aliphatic heterocycles. The second-order valence-electron chi connectivity index (χ2n) is 2.98. The average Bonchev–Trinajstić information content (AvgIpc) is 2.42. The third kappa shape index (κ3) is 0.753. The molecule has 0 fully saturated rings. The molecule has 1 unspecified atom stereocenters. The second-order valence-corrected chi connectivity index (χ2v) is 2.98. The SMILES string of the molecule is CCC1Cc2ccnn2C1. The summed E-state index contributed by atoms with van der Waals surface area (Å²) in [5.41, 5.74) is 1.41. The fourth-order valence-electron chi connectivity index (χ4n) is 1.58. The zero-order valence-corrected chi connectivity index (χ0v) is 6.25. The number of hydrogen-bond acceptors (Lipinski definition) is 1. The average molecular weight is 136 g/mol. The topological polar surface area (TPSA) is 17.8 Å². The molecule has 2 rings (SSSR count). The molecule has 2 heteroatoms. The molecule has 0 spiro atoms. The van der Waals surface area contributed by atoms with E-state index >= 15 is 0 Å². The molecule has 0 saturated heterocycles. The first kappa shape index (κ1) is 5.96. The normalized spacial score (nSPS) is 23.1. The summed E-state index contributed by atoms with van der Waals surface area (Å²) in [6.45, 7) is 3.38. The van der Waals surface area contributed by atoms with E-state index in [1.54, 1.807) is 0 Å². The fourth-order valence-corrected chi connectivity index (χ4v) is 1.58. The summed E-state index contributed by atoms with van der Waals surface area (Å²) in [5, 5.41) is 4.21. The van der Waals surface area contributed by atoms with Crippen LogP contribution in [0.3, 0.4) is 0 Å². The Morgan fingerprint density at radius 1 is 1.80 bits per heavy atom. The standard InChI is InChI=1S/C8H12N2/c1-2-7-5-8-3-4-9-10(8)6-7/h3-4,7H,2,5-6H2,1H3. The molecule has 1 atom stereocenters. The van der Waals surface area contributed by atoms with Crippen LogP contribution in [0.5, 0.6) is 0 Å². The molecule has 0 aliphatic carbocycles. The third-order valence-electron chi connectivity index (χ3n) is 2.31. The lowest BCUT2D eigenvalue weighted by atomic mass is 10.0. The Morgan fingerprint density at radius 2 is 2.70 bits per heavy atom. The molecule has 2 nitrogen and oxygen atoms in total. The van der Waals surface area contributed by atoms with Gasteiger partial charge < -0.3 is 0 Å². The van der Waals surface area contributed by atoms with E-state index in [-0.39, 0.29) is 0 Å². The Hall–Kier alpha value is -0.790. The highest BCUT2D eigenvalue weighted by Gasteiger charge is 2.19. The first-order chi connectivity index (χ1) is 4.90. The van der Waals surface area contributed by atoms with Crippen LogP contribution in [0.4, 0.5) is 0 Å². The van der Waals surface area contributed by atoms with Crippen LogP contribution < -0.4 is 0 Å². The van der Waals surface area contributed by atoms with E-state index in [4.69, 9.17) is 0 Å². The third-order valence-corrected chi connectivity index (χ3v) is 2.31. The Bertz CT molecular complexity index is 206. The Kier molecular flexibility index (Phi) is 1.26. The van der Waals surface area contributed by atoms with Gasteiger partial charge in [0.05, 0.1) is 0 Å². The van der Waals surface area contributed by atoms with Crippen LogP contribution >= 0.6 is 0 Å². The maximum absolute atomic E-state index is 4.21. The molecule has 0 aromatic carbocycles. The minimum Gasteiger partial charge on any atom is -0.269 e. The largest absolute Gasteiger partial charge is 0.269 e. The van der Waals surface area contributed by atoms with Gasteiger partial charge in [-0.2, -0.15) is 5.10 Å². The Morgan fingerprint density at radius 3 is 3.40 bits per heavy atom. The highest BCUT2D eigenvalue weighted by Crippen LogP contribution is 2.21. The van der Waals surface area contributed by atoms with Crippen molar-refractivity contribution in [2.45, 2.75) is 26.3 Å². The lowest BCUT2D eigenvalue weighted by molar-refractivity contribution is 0.475. The summed E-state index contributed by atoms with van der Waals surface area (Å²) >= 11 is 0. The van der Waals surface area contributed by atoms with Crippen molar-refractivity contribution < 1.29 is 0 Å². The van der Waals surface area contributed by atoms with Crippen molar-refractivity contribution in [1.82, 2.24) is 9.78 Å². The zero-order chi connectivity index (χ0) is 6.97. The van der Waals surface area contributed by atoms with Gasteiger partial charge in [0, 0.05) is 18.4 Å². The molecule has 0 amide bonds. The molecule has 1 aliphatic rings. The lowest BCUT2D eigenvalue weighted by Crippen LogP contribution is -2.01. The predicted molar refractivity (Wildman–Crippen MR) is 39.7 cm³/mol. The fraction of sp³-hybridized carbons (Fsp3) is 0.625. The van der Waals surface area contributed by atoms with Gasteiger partial charge in [-0.1, -0.05) is 13.3 Å². The van der Waals surface area contributed by atoms with Gasteiger partial charge in [-0.15, -0.1) is 0 Å². The van der Waals surface area contributed by atoms with Crippen molar-refractivity contribution in [1.29, 1.82) is 0 Å². The van der Waals surface area contributed by atoms with Crippen LogP contribution in [0.15, 0.2) is 12.3 Å². The van der Waals surface area contributed by atoms with Crippen LogP contribution in [-0.4, -0.2) is 9.78 Å². The van der Waals surface area contributed by atoms with E-state index in [0.29, 0.717) is 0 Å². The molecule has 54 valence electrons. The molecule has 10 heavy (non-hydrogen) atoms. The van der Waals surface area contributed by atoms with Crippen LogP contribution in [0.25, 0.3) is 0 Å². The van der Waals surface area contributed by atoms with Crippen molar-refractivity contribution in [2.24, 2.45) is 5.92 Å². The summed E-state index contributed by atoms with van der Waals surface area (Å²) < 4.78 is 2.12. The van der Waals surface area contributed by atoms with Crippen molar-refractivity contribution in [2.75, 3.05) is 0 Å². The monoisotopic (exact) mass is 136 g/mol. The van der Waals surface area contributed by atoms with E-state index in [1.807, 2.05) is 6.20 Å². The highest BCUT2D eigenvalue weighted by molar-refractivity contribution is 5.05. The number of rotatable bonds is 1. The first-order valence-electron chi connectivity index (χ1n) is 3.91. The van der Waals surface area contributed by atoms with Gasteiger partial charge in [0.15, 0.2) is 0 Å². The van der Waals surface area contributed by atoms with Gasteiger partial charge in [0.2, 0.25) is 0 Å². The predicted octanol–water partition coefficient (Wildman–Crippen LogP) is 1.47. The minimum atomic E-state index is 0.851. The summed E-state index contributed by atoms with van der Waals surface area (Å²) in [6, 6.07) is 2.12. The van der Waals surface area contributed by atoms with Crippen molar-refractivity contribution in [3.63, 3.8) is 0 Å². The van der Waals surface area contributed by atoms with Crippen LogP contribution in [0, 0.1) is 5.92 Å². The Balaban J connectivity index is 2.21. The molecular weight excluding hydrogens is 124 g/mol. The molecule has 0 saturated carbocycles. The van der Waals surface area contributed by atoms with Gasteiger partial charge >= 0.3 is 0 Å². The zero-order valence-electron chi connectivity index (χ0n) is 6.25. The molecular formula is C8H12N2. The quantitative estimate of drug-likeness (QED) is 0.571. The van der Waals surface area contributed by atoms with Gasteiger partial charge in [-0.05, 0) is 18.4 Å². The van der Waals surface area contributed by atoms with E-state index in [0.717, 1.165) is 12.5 Å². The highest BCUT2D eigenvalue weighted by atomic mass is 15.3. The first-order valence-corrected chi connectivity index (χ1v) is 3.91. The molecule has 1 aromatic heterocycles. The van der Waals surface area contributed by atoms with Crippen molar-refractivity contribution in [3.8, 4) is 0 Å². The van der Waals surface area contributed by atoms with E-state index < -0.39 is 0 Å². The van der Waals surface area contributed by atoms with Gasteiger partial charge in [-0.3, -0.25) is 4.68 Å². The van der Waals surface area contributed by atoms with E-state index in [1.165, 1.54) is 18.5 Å². The maximum Gasteiger partial charge on any atom is 0.0492 e. The van der Waals surface area contributed by atoms with E-state index in [9.17, 15) is 0 Å². The minimum absolute atomic E-state index is 0.851. The van der Waals surface area contributed by atoms with Gasteiger partial charge in [-0.25, -0.2) is 0 Å². The molecule has 0 bridgehead atoms. The summed E-state index contributed by atoms with van der Waals surface area (Å²) in [6.07, 6.45) is 4.40. The number of hydrogen-bond donors (Lipinski definition) is 0. The summed E-state index contributed by atoms with van der Waals surface area (Å²) in [4.78, 5) is 0. The van der Waals surface area contributed by atoms with E-state index in [2.05, 4.69) is 22.8 Å². The Labute approximate surface area is 60.9 Å². The van der Waals surface area contributed by atoms with Gasteiger partial charge in [0.25, 0.3) is 0 Å². The summed E-state index contributed by atoms with van der Waals surface area (Å²) in [7, 11) is 0. The number of aromatic nitrogens is 2. The molecule has 1 aromatic rings. The van der Waals surface area contributed by atoms with Crippen LogP contribution in [-0.2, 0) is 13.0 Å². The maximum atomic E-state index is 4.21. The molecule has 0 N–H and O–H groups in total. The molecule has 0 radical (unpaired) electrons. The lowest BCUT2D eigenvalue weighted by Gasteiger charge is -2.01. The number of fused-ring (bicyclic) bond motifs is 1. The second kappa shape index (κ2) is 2.11. The van der Waals surface area contributed by atoms with Crippen molar-refractivity contribution in [3.05, 3.63) is 18.0 Å². The van der Waals surface area contributed by atoms with Crippen molar-refractivity contribution >= 4 is 0 Å². The smallest absolute Gasteiger partial charge is 0.0492 e. The number of nitrogens with zero attached hydrogens (tertiary/aromatic N) is 2.